The van der Waals surface area contributed by atoms with E-state index in [9.17, 15) is 5.11 Å². The molecule has 2 aromatic carbocycles. The Kier molecular flexibility index (Phi) is 4.42. The Bertz CT molecular complexity index is 1050. The number of aromatic nitrogens is 2. The summed E-state index contributed by atoms with van der Waals surface area (Å²) in [5, 5.41) is 15.8. The molecule has 1 atom stereocenters. The number of hydrogen-bond donors (Lipinski definition) is 2. The molecule has 0 saturated carbocycles. The fourth-order valence-electron chi connectivity index (χ4n) is 3.00. The maximum atomic E-state index is 10.9. The van der Waals surface area contributed by atoms with Crippen molar-refractivity contribution in [2.24, 2.45) is 0 Å². The number of anilines is 1. The molecule has 0 bridgehead atoms. The van der Waals surface area contributed by atoms with E-state index in [1.807, 2.05) is 60.7 Å². The lowest BCUT2D eigenvalue weighted by Gasteiger charge is -2.22. The molecule has 0 aliphatic carbocycles. The van der Waals surface area contributed by atoms with E-state index < -0.39 is 0 Å². The normalized spacial score (nSPS) is 12.0. The van der Waals surface area contributed by atoms with E-state index >= 15 is 0 Å². The van der Waals surface area contributed by atoms with Crippen molar-refractivity contribution in [3.05, 3.63) is 95.4 Å². The minimum Gasteiger partial charge on any atom is -0.505 e. The summed E-state index contributed by atoms with van der Waals surface area (Å²) in [6.45, 7) is 0. The predicted octanol–water partition coefficient (Wildman–Crippen LogP) is 5.19. The molecule has 0 aliphatic heterocycles. The lowest BCUT2D eigenvalue weighted by Crippen LogP contribution is -2.13. The Morgan fingerprint density at radius 3 is 2.58 bits per heavy atom. The Labute approximate surface area is 156 Å². The Morgan fingerprint density at radius 2 is 1.77 bits per heavy atom. The van der Waals surface area contributed by atoms with E-state index in [0.717, 1.165) is 16.6 Å². The number of nitrogens with zero attached hydrogens (tertiary/aromatic N) is 2. The first-order valence-electron chi connectivity index (χ1n) is 8.21. The Balaban J connectivity index is 1.86. The van der Waals surface area contributed by atoms with Crippen LogP contribution in [-0.4, -0.2) is 15.1 Å². The average Bonchev–Trinajstić information content (AvgIpc) is 2.69. The fourth-order valence-corrected chi connectivity index (χ4v) is 3.19. The SMILES string of the molecule is Oc1c(C(Nc2ccccc2Cl)c2cccnc2)ccc2cccnc12. The number of hydrogen-bond acceptors (Lipinski definition) is 4. The van der Waals surface area contributed by atoms with Crippen molar-refractivity contribution in [2.75, 3.05) is 5.32 Å². The van der Waals surface area contributed by atoms with E-state index in [4.69, 9.17) is 11.6 Å². The van der Waals surface area contributed by atoms with Crippen molar-refractivity contribution in [2.45, 2.75) is 6.04 Å². The second-order valence-electron chi connectivity index (χ2n) is 5.92. The second kappa shape index (κ2) is 7.02. The molecule has 0 aliphatic rings. The predicted molar refractivity (Wildman–Crippen MR) is 105 cm³/mol. The summed E-state index contributed by atoms with van der Waals surface area (Å²) >= 11 is 6.33. The average molecular weight is 362 g/mol. The molecule has 4 rings (SSSR count). The van der Waals surface area contributed by atoms with Crippen molar-refractivity contribution >= 4 is 28.2 Å². The summed E-state index contributed by atoms with van der Waals surface area (Å²) in [7, 11) is 0. The molecule has 0 fully saturated rings. The number of rotatable bonds is 4. The van der Waals surface area contributed by atoms with Crippen LogP contribution in [0.3, 0.4) is 0 Å². The topological polar surface area (TPSA) is 58.0 Å². The smallest absolute Gasteiger partial charge is 0.147 e. The molecule has 0 spiro atoms. The number of phenols is 1. The highest BCUT2D eigenvalue weighted by molar-refractivity contribution is 6.33. The van der Waals surface area contributed by atoms with Gasteiger partial charge in [-0.2, -0.15) is 0 Å². The van der Waals surface area contributed by atoms with Crippen LogP contribution in [0.5, 0.6) is 5.75 Å². The molecular formula is C21H16ClN3O. The zero-order valence-electron chi connectivity index (χ0n) is 13.8. The zero-order chi connectivity index (χ0) is 17.9. The minimum absolute atomic E-state index is 0.150. The van der Waals surface area contributed by atoms with Gasteiger partial charge >= 0.3 is 0 Å². The first-order valence-corrected chi connectivity index (χ1v) is 8.59. The quantitative estimate of drug-likeness (QED) is 0.525. The lowest BCUT2D eigenvalue weighted by atomic mass is 9.97. The van der Waals surface area contributed by atoms with Gasteiger partial charge in [-0.15, -0.1) is 0 Å². The van der Waals surface area contributed by atoms with Crippen LogP contribution in [0.25, 0.3) is 10.9 Å². The highest BCUT2D eigenvalue weighted by Crippen LogP contribution is 2.37. The van der Waals surface area contributed by atoms with Crippen molar-refractivity contribution in [1.29, 1.82) is 0 Å². The van der Waals surface area contributed by atoms with Gasteiger partial charge in [-0.05, 0) is 29.8 Å². The van der Waals surface area contributed by atoms with Gasteiger partial charge in [0.2, 0.25) is 0 Å². The van der Waals surface area contributed by atoms with Gasteiger partial charge in [0.1, 0.15) is 11.3 Å². The summed E-state index contributed by atoms with van der Waals surface area (Å²) in [5.41, 5.74) is 2.98. The Morgan fingerprint density at radius 1 is 0.923 bits per heavy atom. The summed E-state index contributed by atoms with van der Waals surface area (Å²) in [5.74, 6) is 0.150. The van der Waals surface area contributed by atoms with Crippen molar-refractivity contribution in [3.63, 3.8) is 0 Å². The molecule has 128 valence electrons. The van der Waals surface area contributed by atoms with Crippen LogP contribution in [0.2, 0.25) is 5.02 Å². The van der Waals surface area contributed by atoms with Gasteiger partial charge in [-0.3, -0.25) is 9.97 Å². The zero-order valence-corrected chi connectivity index (χ0v) is 14.6. The number of nitrogens with one attached hydrogen (secondary N) is 1. The van der Waals surface area contributed by atoms with E-state index in [1.165, 1.54) is 0 Å². The number of para-hydroxylation sites is 1. The van der Waals surface area contributed by atoms with Gasteiger partial charge in [-0.25, -0.2) is 0 Å². The molecule has 1 unspecified atom stereocenters. The molecule has 4 aromatic rings. The van der Waals surface area contributed by atoms with E-state index in [2.05, 4.69) is 15.3 Å². The maximum absolute atomic E-state index is 10.9. The molecule has 2 N–H and O–H groups in total. The maximum Gasteiger partial charge on any atom is 0.147 e. The van der Waals surface area contributed by atoms with E-state index in [0.29, 0.717) is 16.1 Å². The van der Waals surface area contributed by atoms with Gasteiger partial charge in [0.25, 0.3) is 0 Å². The molecule has 5 heteroatoms. The first kappa shape index (κ1) is 16.4. The van der Waals surface area contributed by atoms with Crippen LogP contribution in [0, 0.1) is 0 Å². The van der Waals surface area contributed by atoms with Crippen LogP contribution in [0.1, 0.15) is 17.2 Å². The van der Waals surface area contributed by atoms with Gasteiger partial charge < -0.3 is 10.4 Å². The number of benzene rings is 2. The highest BCUT2D eigenvalue weighted by atomic mass is 35.5. The van der Waals surface area contributed by atoms with Crippen LogP contribution in [-0.2, 0) is 0 Å². The number of halogens is 1. The van der Waals surface area contributed by atoms with Gasteiger partial charge in [0, 0.05) is 29.5 Å². The third-order valence-corrected chi connectivity index (χ3v) is 4.61. The van der Waals surface area contributed by atoms with Crippen LogP contribution >= 0.6 is 11.6 Å². The molecule has 2 heterocycles. The fraction of sp³-hybridized carbons (Fsp3) is 0.0476. The largest absolute Gasteiger partial charge is 0.505 e. The van der Waals surface area contributed by atoms with E-state index in [1.54, 1.807) is 18.6 Å². The van der Waals surface area contributed by atoms with Gasteiger partial charge in [0.05, 0.1) is 16.8 Å². The lowest BCUT2D eigenvalue weighted by molar-refractivity contribution is 0.471. The molecular weight excluding hydrogens is 346 g/mol. The highest BCUT2D eigenvalue weighted by Gasteiger charge is 2.20. The number of fused-ring (bicyclic) bond motifs is 1. The molecule has 0 saturated heterocycles. The molecule has 0 amide bonds. The number of aromatic hydroxyl groups is 1. The monoisotopic (exact) mass is 361 g/mol. The first-order chi connectivity index (χ1) is 12.7. The Hall–Kier alpha value is -3.11. The number of phenolic OH excluding ortho intramolecular Hbond substituents is 1. The standard InChI is InChI=1S/C21H16ClN3O/c22-17-7-1-2-8-18(17)25-19(15-6-3-11-23-13-15)16-10-9-14-5-4-12-24-20(14)21(16)26/h1-13,19,25-26H. The summed E-state index contributed by atoms with van der Waals surface area (Å²) < 4.78 is 0. The van der Waals surface area contributed by atoms with E-state index in [-0.39, 0.29) is 11.8 Å². The van der Waals surface area contributed by atoms with Crippen molar-refractivity contribution in [3.8, 4) is 5.75 Å². The summed E-state index contributed by atoms with van der Waals surface area (Å²) in [6, 6.07) is 18.7. The third-order valence-electron chi connectivity index (χ3n) is 4.28. The molecule has 0 radical (unpaired) electrons. The van der Waals surface area contributed by atoms with Crippen LogP contribution in [0.15, 0.2) is 79.3 Å². The number of pyridine rings is 2. The summed E-state index contributed by atoms with van der Waals surface area (Å²) in [6.07, 6.45) is 5.17. The molecule has 4 nitrogen and oxygen atoms in total. The van der Waals surface area contributed by atoms with Crippen LogP contribution < -0.4 is 5.32 Å². The molecule has 26 heavy (non-hydrogen) atoms. The minimum atomic E-state index is -0.324. The molecule has 2 aromatic heterocycles. The third kappa shape index (κ3) is 3.07. The second-order valence-corrected chi connectivity index (χ2v) is 6.33. The van der Waals surface area contributed by atoms with Crippen LogP contribution in [0.4, 0.5) is 5.69 Å². The van der Waals surface area contributed by atoms with Gasteiger partial charge in [0.15, 0.2) is 0 Å². The van der Waals surface area contributed by atoms with Gasteiger partial charge in [-0.1, -0.05) is 48.0 Å². The summed E-state index contributed by atoms with van der Waals surface area (Å²) in [4.78, 5) is 8.54. The van der Waals surface area contributed by atoms with Crippen molar-refractivity contribution in [1.82, 2.24) is 9.97 Å². The van der Waals surface area contributed by atoms with Crippen molar-refractivity contribution < 1.29 is 5.11 Å².